The fourth-order valence-electron chi connectivity index (χ4n) is 2.32. The van der Waals surface area contributed by atoms with Gasteiger partial charge in [0.15, 0.2) is 0 Å². The molecule has 0 bridgehead atoms. The highest BCUT2D eigenvalue weighted by Gasteiger charge is 2.09. The lowest BCUT2D eigenvalue weighted by atomic mass is 10.2. The van der Waals surface area contributed by atoms with Crippen molar-refractivity contribution in [1.82, 2.24) is 9.97 Å². The van der Waals surface area contributed by atoms with Crippen molar-refractivity contribution in [1.29, 1.82) is 0 Å². The highest BCUT2D eigenvalue weighted by Crippen LogP contribution is 2.15. The number of hydrogen-bond donors (Lipinski definition) is 3. The number of aromatic nitrogens is 2. The third-order valence-corrected chi connectivity index (χ3v) is 4.83. The molecule has 1 aromatic carbocycles. The van der Waals surface area contributed by atoms with Crippen LogP contribution in [0.2, 0.25) is 0 Å². The van der Waals surface area contributed by atoms with Crippen molar-refractivity contribution in [2.75, 3.05) is 16.8 Å². The van der Waals surface area contributed by atoms with Crippen molar-refractivity contribution in [3.63, 3.8) is 0 Å². The van der Waals surface area contributed by atoms with E-state index < -0.39 is 5.97 Å². The van der Waals surface area contributed by atoms with Gasteiger partial charge in [0.1, 0.15) is 0 Å². The van der Waals surface area contributed by atoms with Crippen molar-refractivity contribution >= 4 is 29.4 Å². The van der Waals surface area contributed by atoms with Gasteiger partial charge < -0.3 is 10.4 Å². The predicted octanol–water partition coefficient (Wildman–Crippen LogP) is 3.60. The molecular weight excluding hydrogens is 338 g/mol. The van der Waals surface area contributed by atoms with E-state index >= 15 is 0 Å². The van der Waals surface area contributed by atoms with Gasteiger partial charge in [-0.15, -0.1) is 0 Å². The van der Waals surface area contributed by atoms with E-state index in [1.54, 1.807) is 12.1 Å². The summed E-state index contributed by atoms with van der Waals surface area (Å²) < 4.78 is 0. The van der Waals surface area contributed by atoms with Gasteiger partial charge in [0, 0.05) is 16.9 Å². The van der Waals surface area contributed by atoms with Crippen molar-refractivity contribution in [2.45, 2.75) is 33.1 Å². The van der Waals surface area contributed by atoms with Crippen LogP contribution in [0.3, 0.4) is 0 Å². The number of hydrogen-bond acceptors (Lipinski definition) is 5. The number of thioether (sulfide) groups is 1. The molecule has 0 fully saturated rings. The third kappa shape index (κ3) is 5.63. The van der Waals surface area contributed by atoms with E-state index in [-0.39, 0.29) is 11.1 Å². The van der Waals surface area contributed by atoms with Crippen molar-refractivity contribution < 1.29 is 9.90 Å². The van der Waals surface area contributed by atoms with E-state index in [1.807, 2.05) is 18.7 Å². The summed E-state index contributed by atoms with van der Waals surface area (Å²) in [5, 5.41) is 11.9. The minimum Gasteiger partial charge on any atom is -0.478 e. The standard InChI is InChI=1S/C18H23N3O3S/c1-3-4-10-25-11-9-15-12(2)19-18(21-16(15)22)20-14-7-5-13(6-8-14)17(23)24/h5-8H,3-4,9-11H2,1-2H3,(H,23,24)(H2,19,20,21,22). The number of nitrogens with zero attached hydrogens (tertiary/aromatic N) is 1. The van der Waals surface area contributed by atoms with Crippen LogP contribution in [0.4, 0.5) is 11.6 Å². The molecule has 0 saturated carbocycles. The molecule has 7 heteroatoms. The second-order valence-corrected chi connectivity index (χ2v) is 6.93. The maximum Gasteiger partial charge on any atom is 0.335 e. The number of carboxylic acids is 1. The Morgan fingerprint density at radius 3 is 2.60 bits per heavy atom. The summed E-state index contributed by atoms with van der Waals surface area (Å²) in [7, 11) is 0. The van der Waals surface area contributed by atoms with Gasteiger partial charge in [0.05, 0.1) is 5.56 Å². The van der Waals surface area contributed by atoms with Crippen molar-refractivity contribution in [2.24, 2.45) is 0 Å². The molecule has 2 aromatic rings. The number of H-pyrrole nitrogens is 1. The summed E-state index contributed by atoms with van der Waals surface area (Å²) >= 11 is 1.86. The molecule has 0 saturated heterocycles. The first-order chi connectivity index (χ1) is 12.0. The molecule has 25 heavy (non-hydrogen) atoms. The van der Waals surface area contributed by atoms with Crippen molar-refractivity contribution in [3.8, 4) is 0 Å². The summed E-state index contributed by atoms with van der Waals surface area (Å²) in [4.78, 5) is 30.3. The maximum absolute atomic E-state index is 12.3. The minimum absolute atomic E-state index is 0.131. The smallest absolute Gasteiger partial charge is 0.335 e. The van der Waals surface area contributed by atoms with E-state index in [9.17, 15) is 9.59 Å². The average molecular weight is 361 g/mol. The second kappa shape index (κ2) is 9.27. The van der Waals surface area contributed by atoms with E-state index in [2.05, 4.69) is 22.2 Å². The highest BCUT2D eigenvalue weighted by atomic mass is 32.2. The van der Waals surface area contributed by atoms with Gasteiger partial charge in [-0.3, -0.25) is 9.78 Å². The highest BCUT2D eigenvalue weighted by molar-refractivity contribution is 7.99. The van der Waals surface area contributed by atoms with Gasteiger partial charge >= 0.3 is 5.97 Å². The molecule has 0 aliphatic carbocycles. The minimum atomic E-state index is -0.977. The van der Waals surface area contributed by atoms with Gasteiger partial charge in [-0.1, -0.05) is 13.3 Å². The third-order valence-electron chi connectivity index (χ3n) is 3.76. The molecule has 1 aromatic heterocycles. The quantitative estimate of drug-likeness (QED) is 0.591. The number of unbranched alkanes of at least 4 members (excludes halogenated alkanes) is 1. The summed E-state index contributed by atoms with van der Waals surface area (Å²) in [5.41, 5.74) is 2.17. The van der Waals surface area contributed by atoms with Gasteiger partial charge in [0.2, 0.25) is 5.95 Å². The Hall–Kier alpha value is -2.28. The number of carboxylic acid groups (broad SMARTS) is 1. The number of aryl methyl sites for hydroxylation is 1. The summed E-state index contributed by atoms with van der Waals surface area (Å²) in [5.74, 6) is 1.41. The topological polar surface area (TPSA) is 95.1 Å². The van der Waals surface area contributed by atoms with E-state index in [0.29, 0.717) is 23.8 Å². The molecule has 0 radical (unpaired) electrons. The van der Waals surface area contributed by atoms with Crippen LogP contribution >= 0.6 is 11.8 Å². The largest absolute Gasteiger partial charge is 0.478 e. The van der Waals surface area contributed by atoms with E-state index in [0.717, 1.165) is 17.1 Å². The lowest BCUT2D eigenvalue weighted by molar-refractivity contribution is 0.0697. The normalized spacial score (nSPS) is 10.6. The Bertz CT molecular complexity index is 772. The van der Waals surface area contributed by atoms with E-state index in [4.69, 9.17) is 5.11 Å². The molecule has 0 amide bonds. The lowest BCUT2D eigenvalue weighted by Crippen LogP contribution is -2.19. The molecule has 134 valence electrons. The van der Waals surface area contributed by atoms with Gasteiger partial charge in [-0.2, -0.15) is 11.8 Å². The molecule has 0 aliphatic rings. The molecule has 3 N–H and O–H groups in total. The Labute approximate surface area is 151 Å². The van der Waals surface area contributed by atoms with Crippen LogP contribution in [0.15, 0.2) is 29.1 Å². The molecule has 0 unspecified atom stereocenters. The first kappa shape index (κ1) is 19.1. The molecule has 1 heterocycles. The van der Waals surface area contributed by atoms with Crippen LogP contribution < -0.4 is 10.9 Å². The average Bonchev–Trinajstić information content (AvgIpc) is 2.57. The van der Waals surface area contributed by atoms with Crippen LogP contribution in [0.25, 0.3) is 0 Å². The SMILES string of the molecule is CCCCSCCc1c(C)nc(Nc2ccc(C(=O)O)cc2)[nH]c1=O. The molecule has 0 spiro atoms. The van der Waals surface area contributed by atoms with Crippen LogP contribution in [0.1, 0.15) is 41.4 Å². The molecule has 6 nitrogen and oxygen atoms in total. The van der Waals surface area contributed by atoms with Gasteiger partial charge in [-0.25, -0.2) is 9.78 Å². The molecule has 0 atom stereocenters. The van der Waals surface area contributed by atoms with Gasteiger partial charge in [0.25, 0.3) is 5.56 Å². The number of rotatable bonds is 9. The van der Waals surface area contributed by atoms with Crippen LogP contribution in [0, 0.1) is 6.92 Å². The zero-order valence-corrected chi connectivity index (χ0v) is 15.3. The molecular formula is C18H23N3O3S. The number of nitrogens with one attached hydrogen (secondary N) is 2. The monoisotopic (exact) mass is 361 g/mol. The van der Waals surface area contributed by atoms with Gasteiger partial charge in [-0.05, 0) is 55.5 Å². The Kier molecular flexibility index (Phi) is 7.06. The number of benzene rings is 1. The lowest BCUT2D eigenvalue weighted by Gasteiger charge is -2.09. The zero-order valence-electron chi connectivity index (χ0n) is 14.5. The second-order valence-electron chi connectivity index (χ2n) is 5.70. The first-order valence-corrected chi connectivity index (χ1v) is 9.44. The number of anilines is 2. The fourth-order valence-corrected chi connectivity index (χ4v) is 3.36. The summed E-state index contributed by atoms with van der Waals surface area (Å²) in [6.07, 6.45) is 3.08. The number of aromatic amines is 1. The van der Waals surface area contributed by atoms with Crippen molar-refractivity contribution in [3.05, 3.63) is 51.4 Å². The fraction of sp³-hybridized carbons (Fsp3) is 0.389. The predicted molar refractivity (Wildman–Crippen MR) is 102 cm³/mol. The van der Waals surface area contributed by atoms with Crippen LogP contribution in [-0.4, -0.2) is 32.5 Å². The summed E-state index contributed by atoms with van der Waals surface area (Å²) in [6, 6.07) is 6.27. The first-order valence-electron chi connectivity index (χ1n) is 8.29. The number of carbonyl (C=O) groups is 1. The van der Waals surface area contributed by atoms with E-state index in [1.165, 1.54) is 25.0 Å². The van der Waals surface area contributed by atoms with Crippen LogP contribution in [-0.2, 0) is 6.42 Å². The zero-order chi connectivity index (χ0) is 18.2. The Morgan fingerprint density at radius 1 is 1.28 bits per heavy atom. The molecule has 0 aliphatic heterocycles. The Balaban J connectivity index is 2.03. The number of aromatic carboxylic acids is 1. The Morgan fingerprint density at radius 2 is 2.00 bits per heavy atom. The van der Waals surface area contributed by atoms with Crippen LogP contribution in [0.5, 0.6) is 0 Å². The molecule has 2 rings (SSSR count). The maximum atomic E-state index is 12.3. The summed E-state index contributed by atoms with van der Waals surface area (Å²) in [6.45, 7) is 4.00.